The van der Waals surface area contributed by atoms with Gasteiger partial charge in [-0.3, -0.25) is 9.59 Å². The Hall–Kier alpha value is -2.08. The summed E-state index contributed by atoms with van der Waals surface area (Å²) in [6, 6.07) is 7.30. The summed E-state index contributed by atoms with van der Waals surface area (Å²) in [6.45, 7) is 3.72. The van der Waals surface area contributed by atoms with Gasteiger partial charge in [0.15, 0.2) is 6.10 Å². The van der Waals surface area contributed by atoms with Crippen molar-refractivity contribution in [2.24, 2.45) is 5.41 Å². The van der Waals surface area contributed by atoms with Crippen LogP contribution in [0.4, 0.5) is 5.69 Å². The Kier molecular flexibility index (Phi) is 3.92. The van der Waals surface area contributed by atoms with E-state index in [1.54, 1.807) is 6.07 Å². The number of hydrogen-bond acceptors (Lipinski definition) is 4. The van der Waals surface area contributed by atoms with Crippen LogP contribution in [0.5, 0.6) is 5.75 Å². The predicted molar refractivity (Wildman–Crippen MR) is 89.8 cm³/mol. The molecular formula is C18H23N3O3. The van der Waals surface area contributed by atoms with Crippen molar-refractivity contribution in [3.8, 4) is 5.75 Å². The standard InChI is InChI=1S/C18H23N3O3/c22-16(21-9-6-18(7-10-21)5-8-19-12-18)11-15-17(23)20-13-3-1-2-4-14(13)24-15/h1-4,15,19H,5-12H2,(H,20,23). The van der Waals surface area contributed by atoms with E-state index in [-0.39, 0.29) is 18.2 Å². The van der Waals surface area contributed by atoms with Gasteiger partial charge in [0.05, 0.1) is 12.1 Å². The fourth-order valence-electron chi connectivity index (χ4n) is 3.97. The van der Waals surface area contributed by atoms with Gasteiger partial charge >= 0.3 is 0 Å². The molecule has 1 aromatic carbocycles. The number of benzene rings is 1. The monoisotopic (exact) mass is 329 g/mol. The maximum Gasteiger partial charge on any atom is 0.266 e. The van der Waals surface area contributed by atoms with Gasteiger partial charge in [0.25, 0.3) is 5.91 Å². The van der Waals surface area contributed by atoms with Gasteiger partial charge < -0.3 is 20.3 Å². The van der Waals surface area contributed by atoms with E-state index in [2.05, 4.69) is 10.6 Å². The quantitative estimate of drug-likeness (QED) is 0.860. The van der Waals surface area contributed by atoms with E-state index in [1.807, 2.05) is 23.1 Å². The van der Waals surface area contributed by atoms with Crippen LogP contribution in [0.2, 0.25) is 0 Å². The van der Waals surface area contributed by atoms with E-state index in [1.165, 1.54) is 6.42 Å². The second kappa shape index (κ2) is 6.09. The highest BCUT2D eigenvalue weighted by Crippen LogP contribution is 2.37. The third kappa shape index (κ3) is 2.86. The van der Waals surface area contributed by atoms with Gasteiger partial charge in [0.2, 0.25) is 5.91 Å². The number of fused-ring (bicyclic) bond motifs is 1. The summed E-state index contributed by atoms with van der Waals surface area (Å²) < 4.78 is 5.73. The molecule has 1 unspecified atom stereocenters. The molecule has 4 rings (SSSR count). The molecule has 0 aromatic heterocycles. The number of para-hydroxylation sites is 2. The normalized spacial score (nSPS) is 25.1. The molecule has 6 heteroatoms. The first kappa shape index (κ1) is 15.4. The van der Waals surface area contributed by atoms with E-state index in [4.69, 9.17) is 4.74 Å². The van der Waals surface area contributed by atoms with Gasteiger partial charge in [-0.05, 0) is 43.4 Å². The van der Waals surface area contributed by atoms with E-state index < -0.39 is 6.10 Å². The van der Waals surface area contributed by atoms with Crippen LogP contribution in [0, 0.1) is 5.41 Å². The number of rotatable bonds is 2. The number of piperidine rings is 1. The van der Waals surface area contributed by atoms with E-state index in [9.17, 15) is 9.59 Å². The van der Waals surface area contributed by atoms with Crippen molar-refractivity contribution in [3.05, 3.63) is 24.3 Å². The van der Waals surface area contributed by atoms with Crippen LogP contribution < -0.4 is 15.4 Å². The van der Waals surface area contributed by atoms with Crippen molar-refractivity contribution in [2.45, 2.75) is 31.8 Å². The minimum atomic E-state index is -0.739. The van der Waals surface area contributed by atoms with E-state index in [0.717, 1.165) is 39.0 Å². The van der Waals surface area contributed by atoms with Gasteiger partial charge in [-0.25, -0.2) is 0 Å². The van der Waals surface area contributed by atoms with E-state index >= 15 is 0 Å². The van der Waals surface area contributed by atoms with Crippen molar-refractivity contribution in [3.63, 3.8) is 0 Å². The average molecular weight is 329 g/mol. The van der Waals surface area contributed by atoms with Crippen molar-refractivity contribution in [1.29, 1.82) is 0 Å². The lowest BCUT2D eigenvalue weighted by molar-refractivity contribution is -0.138. The molecule has 0 saturated carbocycles. The van der Waals surface area contributed by atoms with Crippen LogP contribution in [0.25, 0.3) is 0 Å². The lowest BCUT2D eigenvalue weighted by Crippen LogP contribution is -2.47. The van der Waals surface area contributed by atoms with Crippen molar-refractivity contribution >= 4 is 17.5 Å². The lowest BCUT2D eigenvalue weighted by atomic mass is 9.78. The van der Waals surface area contributed by atoms with Crippen LogP contribution >= 0.6 is 0 Å². The number of ether oxygens (including phenoxy) is 1. The van der Waals surface area contributed by atoms with E-state index in [0.29, 0.717) is 16.9 Å². The van der Waals surface area contributed by atoms with Crippen LogP contribution in [-0.4, -0.2) is 49.0 Å². The van der Waals surface area contributed by atoms with Crippen LogP contribution in [0.3, 0.4) is 0 Å². The minimum Gasteiger partial charge on any atom is -0.478 e. The molecule has 0 radical (unpaired) electrons. The third-order valence-corrected chi connectivity index (χ3v) is 5.58. The number of likely N-dealkylation sites (tertiary alicyclic amines) is 1. The molecule has 0 bridgehead atoms. The first-order chi connectivity index (χ1) is 11.7. The van der Waals surface area contributed by atoms with Crippen molar-refractivity contribution < 1.29 is 14.3 Å². The smallest absolute Gasteiger partial charge is 0.266 e. The summed E-state index contributed by atoms with van der Waals surface area (Å²) >= 11 is 0. The molecule has 128 valence electrons. The van der Waals surface area contributed by atoms with Gasteiger partial charge in [-0.1, -0.05) is 12.1 Å². The summed E-state index contributed by atoms with van der Waals surface area (Å²) in [5.74, 6) is 0.399. The number of carbonyl (C=O) groups excluding carboxylic acids is 2. The summed E-state index contributed by atoms with van der Waals surface area (Å²) in [6.07, 6.45) is 2.67. The molecule has 3 heterocycles. The zero-order valence-electron chi connectivity index (χ0n) is 13.7. The fourth-order valence-corrected chi connectivity index (χ4v) is 3.97. The Morgan fingerprint density at radius 2 is 2.04 bits per heavy atom. The highest BCUT2D eigenvalue weighted by molar-refractivity contribution is 5.99. The number of anilines is 1. The first-order valence-electron chi connectivity index (χ1n) is 8.70. The number of nitrogens with one attached hydrogen (secondary N) is 2. The summed E-state index contributed by atoms with van der Waals surface area (Å²) in [4.78, 5) is 26.6. The molecule has 1 atom stereocenters. The Bertz CT molecular complexity index is 645. The number of amides is 2. The molecule has 3 aliphatic heterocycles. The van der Waals surface area contributed by atoms with Crippen LogP contribution in [0.15, 0.2) is 24.3 Å². The molecule has 2 amide bonds. The van der Waals surface area contributed by atoms with Gasteiger partial charge in [0.1, 0.15) is 5.75 Å². The molecule has 0 aliphatic carbocycles. The molecule has 3 aliphatic rings. The topological polar surface area (TPSA) is 70.7 Å². The number of hydrogen-bond donors (Lipinski definition) is 2. The third-order valence-electron chi connectivity index (χ3n) is 5.58. The molecule has 2 N–H and O–H groups in total. The Labute approximate surface area is 141 Å². The zero-order chi connectivity index (χ0) is 16.6. The number of carbonyl (C=O) groups is 2. The molecule has 2 saturated heterocycles. The largest absolute Gasteiger partial charge is 0.478 e. The molecule has 6 nitrogen and oxygen atoms in total. The van der Waals surface area contributed by atoms with Gasteiger partial charge in [0, 0.05) is 19.6 Å². The van der Waals surface area contributed by atoms with Crippen LogP contribution in [-0.2, 0) is 9.59 Å². The molecule has 24 heavy (non-hydrogen) atoms. The molecule has 2 fully saturated rings. The zero-order valence-corrected chi connectivity index (χ0v) is 13.7. The van der Waals surface area contributed by atoms with Crippen LogP contribution in [0.1, 0.15) is 25.7 Å². The van der Waals surface area contributed by atoms with Gasteiger partial charge in [-0.2, -0.15) is 0 Å². The average Bonchev–Trinajstić information content (AvgIpc) is 3.04. The minimum absolute atomic E-state index is 0.00957. The highest BCUT2D eigenvalue weighted by Gasteiger charge is 2.39. The highest BCUT2D eigenvalue weighted by atomic mass is 16.5. The van der Waals surface area contributed by atoms with Gasteiger partial charge in [-0.15, -0.1) is 0 Å². The molecule has 1 spiro atoms. The number of nitrogens with zero attached hydrogens (tertiary/aromatic N) is 1. The summed E-state index contributed by atoms with van der Waals surface area (Å²) in [5.41, 5.74) is 1.05. The second-order valence-corrected chi connectivity index (χ2v) is 7.10. The Balaban J connectivity index is 1.36. The predicted octanol–water partition coefficient (Wildman–Crippen LogP) is 1.38. The maximum absolute atomic E-state index is 12.6. The maximum atomic E-state index is 12.6. The Morgan fingerprint density at radius 1 is 1.25 bits per heavy atom. The summed E-state index contributed by atoms with van der Waals surface area (Å²) in [5, 5.41) is 6.25. The van der Waals surface area contributed by atoms with Crippen molar-refractivity contribution in [2.75, 3.05) is 31.5 Å². The fraction of sp³-hybridized carbons (Fsp3) is 0.556. The first-order valence-corrected chi connectivity index (χ1v) is 8.70. The van der Waals surface area contributed by atoms with Crippen molar-refractivity contribution in [1.82, 2.24) is 10.2 Å². The Morgan fingerprint density at radius 3 is 2.79 bits per heavy atom. The summed E-state index contributed by atoms with van der Waals surface area (Å²) in [7, 11) is 0. The lowest BCUT2D eigenvalue weighted by Gasteiger charge is -2.39. The second-order valence-electron chi connectivity index (χ2n) is 7.10. The molecular weight excluding hydrogens is 306 g/mol. The molecule has 1 aromatic rings. The SMILES string of the molecule is O=C1Nc2ccccc2OC1CC(=O)N1CCC2(CCNC2)CC1.